The summed E-state index contributed by atoms with van der Waals surface area (Å²) in [6.45, 7) is 1.49. The van der Waals surface area contributed by atoms with Crippen LogP contribution in [0.15, 0.2) is 54.6 Å². The number of anilines is 1. The fraction of sp³-hybridized carbons (Fsp3) is 0.357. The molecule has 1 saturated carbocycles. The van der Waals surface area contributed by atoms with Crippen molar-refractivity contribution < 1.29 is 9.59 Å². The van der Waals surface area contributed by atoms with Crippen molar-refractivity contribution in [2.45, 2.75) is 50.2 Å². The largest absolute Gasteiger partial charge is 0.351 e. The van der Waals surface area contributed by atoms with Gasteiger partial charge in [0.1, 0.15) is 11.4 Å². The third-order valence-electron chi connectivity index (χ3n) is 7.00. The number of unbranched alkanes of at least 4 members (excludes halogenated alkanes) is 1. The number of hydrogen-bond donors (Lipinski definition) is 7. The van der Waals surface area contributed by atoms with Gasteiger partial charge in [-0.25, -0.2) is 0 Å². The van der Waals surface area contributed by atoms with Gasteiger partial charge in [-0.15, -0.1) is 0 Å². The third-order valence-corrected chi connectivity index (χ3v) is 7.00. The molecule has 37 heavy (non-hydrogen) atoms. The number of H-pyrrole nitrogens is 2. The third kappa shape index (κ3) is 6.19. The predicted molar refractivity (Wildman–Crippen MR) is 148 cm³/mol. The summed E-state index contributed by atoms with van der Waals surface area (Å²) in [5, 5.41) is 11.3. The monoisotopic (exact) mass is 501 g/mol. The predicted octanol–water partition coefficient (Wildman–Crippen LogP) is 3.21. The average molecular weight is 502 g/mol. The van der Waals surface area contributed by atoms with Crippen LogP contribution in [0.3, 0.4) is 0 Å². The first-order valence-corrected chi connectivity index (χ1v) is 13.0. The van der Waals surface area contributed by atoms with Crippen molar-refractivity contribution in [2.24, 2.45) is 11.5 Å². The van der Waals surface area contributed by atoms with Gasteiger partial charge in [-0.1, -0.05) is 18.2 Å². The van der Waals surface area contributed by atoms with E-state index in [1.54, 1.807) is 6.07 Å². The van der Waals surface area contributed by atoms with Crippen LogP contribution in [0.5, 0.6) is 0 Å². The van der Waals surface area contributed by atoms with E-state index < -0.39 is 0 Å². The molecular weight excluding hydrogens is 466 g/mol. The van der Waals surface area contributed by atoms with Gasteiger partial charge in [0.05, 0.1) is 0 Å². The van der Waals surface area contributed by atoms with Crippen molar-refractivity contribution in [3.05, 3.63) is 66.0 Å². The Morgan fingerprint density at radius 3 is 2.24 bits per heavy atom. The van der Waals surface area contributed by atoms with Gasteiger partial charge >= 0.3 is 0 Å². The molecule has 194 valence electrons. The van der Waals surface area contributed by atoms with Crippen LogP contribution in [0, 0.1) is 0 Å². The molecule has 0 aliphatic heterocycles. The van der Waals surface area contributed by atoms with Gasteiger partial charge in [-0.3, -0.25) is 9.59 Å². The summed E-state index contributed by atoms with van der Waals surface area (Å²) in [4.78, 5) is 31.7. The summed E-state index contributed by atoms with van der Waals surface area (Å²) in [5.41, 5.74) is 15.5. The molecule has 2 aromatic carbocycles. The van der Waals surface area contributed by atoms with E-state index in [-0.39, 0.29) is 23.9 Å². The molecule has 5 rings (SSSR count). The number of para-hydroxylation sites is 1. The van der Waals surface area contributed by atoms with E-state index in [1.807, 2.05) is 48.5 Å². The molecule has 0 saturated heterocycles. The van der Waals surface area contributed by atoms with Crippen molar-refractivity contribution >= 4 is 39.3 Å². The molecule has 9 heteroatoms. The van der Waals surface area contributed by atoms with Crippen LogP contribution in [0.4, 0.5) is 5.69 Å². The fourth-order valence-electron chi connectivity index (χ4n) is 5.16. The van der Waals surface area contributed by atoms with Crippen molar-refractivity contribution in [3.63, 3.8) is 0 Å². The lowest BCUT2D eigenvalue weighted by atomic mass is 9.88. The molecule has 9 N–H and O–H groups in total. The second kappa shape index (κ2) is 11.2. The first-order valence-electron chi connectivity index (χ1n) is 13.0. The number of aromatic nitrogens is 2. The first kappa shape index (κ1) is 25.0. The molecule has 2 aromatic heterocycles. The van der Waals surface area contributed by atoms with Crippen LogP contribution in [-0.4, -0.2) is 53.0 Å². The van der Waals surface area contributed by atoms with Crippen molar-refractivity contribution in [3.8, 4) is 0 Å². The van der Waals surface area contributed by atoms with Gasteiger partial charge in [-0.05, 0) is 75.0 Å². The van der Waals surface area contributed by atoms with Crippen molar-refractivity contribution in [2.75, 3.05) is 18.4 Å². The van der Waals surface area contributed by atoms with Crippen LogP contribution < -0.4 is 27.4 Å². The highest BCUT2D eigenvalue weighted by molar-refractivity contribution is 6.07. The zero-order chi connectivity index (χ0) is 25.8. The Morgan fingerprint density at radius 2 is 1.46 bits per heavy atom. The molecule has 2 heterocycles. The second-order valence-electron chi connectivity index (χ2n) is 10.1. The SMILES string of the molecule is N[C@@H]1CC(NCCCCNC(=O)c2cc3cc(NC(=O)c4cc5ccccc5[nH]4)ccc3[nH]2)C[C@H](N)C1. The molecule has 2 amide bonds. The van der Waals surface area contributed by atoms with Crippen molar-refractivity contribution in [1.82, 2.24) is 20.6 Å². The molecular formula is C28H35N7O2. The molecule has 1 aliphatic rings. The van der Waals surface area contributed by atoms with Gasteiger partial charge in [-0.2, -0.15) is 0 Å². The lowest BCUT2D eigenvalue weighted by Crippen LogP contribution is -2.47. The van der Waals surface area contributed by atoms with E-state index in [1.165, 1.54) is 0 Å². The number of amides is 2. The summed E-state index contributed by atoms with van der Waals surface area (Å²) in [6, 6.07) is 17.7. The zero-order valence-corrected chi connectivity index (χ0v) is 20.8. The first-order chi connectivity index (χ1) is 17.9. The summed E-state index contributed by atoms with van der Waals surface area (Å²) in [6.07, 6.45) is 4.69. The smallest absolute Gasteiger partial charge is 0.272 e. The summed E-state index contributed by atoms with van der Waals surface area (Å²) in [7, 11) is 0. The molecule has 0 radical (unpaired) electrons. The van der Waals surface area contributed by atoms with E-state index in [0.29, 0.717) is 29.7 Å². The number of fused-ring (bicyclic) bond motifs is 2. The summed E-state index contributed by atoms with van der Waals surface area (Å²) in [5.74, 6) is -0.357. The van der Waals surface area contributed by atoms with Crippen LogP contribution in [-0.2, 0) is 0 Å². The standard InChI is InChI=1S/C28H35N7O2/c29-19-14-20(30)16-22(15-19)31-9-3-4-10-32-27(36)25-13-18-11-21(7-8-24(18)35-25)33-28(37)26-12-17-5-1-2-6-23(17)34-26/h1-2,5-8,11-13,19-20,22,31,34-35H,3-4,9-10,14-16,29-30H2,(H,32,36)(H,33,37)/t19-,20+,22?. The maximum absolute atomic E-state index is 12.7. The zero-order valence-electron chi connectivity index (χ0n) is 20.8. The number of nitrogens with one attached hydrogen (secondary N) is 5. The Balaban J connectivity index is 1.09. The molecule has 4 aromatic rings. The Bertz CT molecular complexity index is 1350. The highest BCUT2D eigenvalue weighted by atomic mass is 16.2. The van der Waals surface area contributed by atoms with Crippen molar-refractivity contribution in [1.29, 1.82) is 0 Å². The molecule has 1 fully saturated rings. The summed E-state index contributed by atoms with van der Waals surface area (Å²) < 4.78 is 0. The highest BCUT2D eigenvalue weighted by Gasteiger charge is 2.23. The number of nitrogens with two attached hydrogens (primary N) is 2. The summed E-state index contributed by atoms with van der Waals surface area (Å²) >= 11 is 0. The number of hydrogen-bond acceptors (Lipinski definition) is 5. The van der Waals surface area contributed by atoms with Gasteiger partial charge in [0.25, 0.3) is 11.8 Å². The Hall–Kier alpha value is -3.66. The van der Waals surface area contributed by atoms with Gasteiger partial charge < -0.3 is 37.4 Å². The number of carbonyl (C=O) groups excluding carboxylic acids is 2. The normalized spacial score (nSPS) is 19.8. The Kier molecular flexibility index (Phi) is 7.55. The Labute approximate surface area is 215 Å². The maximum atomic E-state index is 12.7. The topological polar surface area (TPSA) is 154 Å². The quantitative estimate of drug-likeness (QED) is 0.176. The lowest BCUT2D eigenvalue weighted by Gasteiger charge is -2.31. The molecule has 1 aliphatic carbocycles. The fourth-order valence-corrected chi connectivity index (χ4v) is 5.16. The van der Waals surface area contributed by atoms with Gasteiger partial charge in [0.2, 0.25) is 0 Å². The highest BCUT2D eigenvalue weighted by Crippen LogP contribution is 2.22. The molecule has 9 nitrogen and oxygen atoms in total. The van der Waals surface area contributed by atoms with E-state index in [4.69, 9.17) is 11.5 Å². The minimum Gasteiger partial charge on any atom is -0.351 e. The Morgan fingerprint density at radius 1 is 0.784 bits per heavy atom. The number of benzene rings is 2. The van der Waals surface area contributed by atoms with Gasteiger partial charge in [0, 0.05) is 52.2 Å². The molecule has 0 bridgehead atoms. The van der Waals surface area contributed by atoms with E-state index in [9.17, 15) is 9.59 Å². The van der Waals surface area contributed by atoms with Crippen LogP contribution >= 0.6 is 0 Å². The molecule has 3 atom stereocenters. The maximum Gasteiger partial charge on any atom is 0.272 e. The van der Waals surface area contributed by atoms with Gasteiger partial charge in [0.15, 0.2) is 0 Å². The van der Waals surface area contributed by atoms with Crippen LogP contribution in [0.2, 0.25) is 0 Å². The van der Waals surface area contributed by atoms with E-state index in [2.05, 4.69) is 25.9 Å². The molecule has 1 unspecified atom stereocenters. The van der Waals surface area contributed by atoms with E-state index in [0.717, 1.165) is 60.5 Å². The van der Waals surface area contributed by atoms with E-state index >= 15 is 0 Å². The van der Waals surface area contributed by atoms with Crippen LogP contribution in [0.25, 0.3) is 21.8 Å². The average Bonchev–Trinajstić information content (AvgIpc) is 3.49. The van der Waals surface area contributed by atoms with Crippen LogP contribution in [0.1, 0.15) is 53.1 Å². The second-order valence-corrected chi connectivity index (χ2v) is 10.1. The number of carbonyl (C=O) groups is 2. The molecule has 0 spiro atoms. The minimum absolute atomic E-state index is 0.142. The minimum atomic E-state index is -0.215. The number of aromatic amines is 2. The lowest BCUT2D eigenvalue weighted by molar-refractivity contribution is 0.0948. The number of rotatable bonds is 9.